The quantitative estimate of drug-likeness (QED) is 0.866. The number of nitrogens with two attached hydrogens (primary N) is 1. The molecule has 0 radical (unpaired) electrons. The maximum Gasteiger partial charge on any atom is 0.0701 e. The Hall–Kier alpha value is -0.620. The summed E-state index contributed by atoms with van der Waals surface area (Å²) >= 11 is 3.52. The maximum atomic E-state index is 8.77. The molecule has 1 aromatic rings. The second-order valence-electron chi connectivity index (χ2n) is 4.76. The summed E-state index contributed by atoms with van der Waals surface area (Å²) in [5.41, 5.74) is 8.20. The van der Waals surface area contributed by atoms with Crippen molar-refractivity contribution in [2.45, 2.75) is 25.5 Å². The van der Waals surface area contributed by atoms with E-state index in [1.807, 2.05) is 6.07 Å². The Morgan fingerprint density at radius 3 is 2.74 bits per heavy atom. The van der Waals surface area contributed by atoms with Gasteiger partial charge in [0.1, 0.15) is 0 Å². The van der Waals surface area contributed by atoms with E-state index < -0.39 is 0 Å². The summed E-state index contributed by atoms with van der Waals surface area (Å²) in [6, 6.07) is 6.24. The fourth-order valence-electron chi connectivity index (χ4n) is 2.49. The van der Waals surface area contributed by atoms with Crippen LogP contribution in [0.1, 0.15) is 18.4 Å². The third-order valence-corrected chi connectivity index (χ3v) is 3.99. The molecule has 1 aromatic carbocycles. The van der Waals surface area contributed by atoms with Crippen LogP contribution in [0.5, 0.6) is 0 Å². The molecule has 1 aliphatic rings. The van der Waals surface area contributed by atoms with Crippen molar-refractivity contribution in [2.75, 3.05) is 31.2 Å². The van der Waals surface area contributed by atoms with Gasteiger partial charge in [-0.3, -0.25) is 0 Å². The molecule has 2 rings (SSSR count). The molecule has 0 amide bonds. The third-order valence-electron chi connectivity index (χ3n) is 3.49. The number of ether oxygens (including phenoxy) is 1. The summed E-state index contributed by atoms with van der Waals surface area (Å²) in [6.07, 6.45) is 2.27. The van der Waals surface area contributed by atoms with Crippen LogP contribution in [-0.2, 0) is 11.3 Å². The highest BCUT2D eigenvalue weighted by Crippen LogP contribution is 2.28. The fourth-order valence-corrected chi connectivity index (χ4v) is 2.84. The van der Waals surface area contributed by atoms with Crippen LogP contribution in [0.3, 0.4) is 0 Å². The molecule has 0 atom stereocenters. The monoisotopic (exact) mass is 328 g/mol. The second-order valence-corrected chi connectivity index (χ2v) is 5.67. The lowest BCUT2D eigenvalue weighted by Gasteiger charge is -2.34. The first kappa shape index (κ1) is 14.8. The van der Waals surface area contributed by atoms with Gasteiger partial charge >= 0.3 is 0 Å². The number of anilines is 1. The summed E-state index contributed by atoms with van der Waals surface area (Å²) in [6.45, 7) is 3.04. The largest absolute Gasteiger partial charge is 0.394 e. The van der Waals surface area contributed by atoms with Crippen LogP contribution in [0.15, 0.2) is 22.7 Å². The molecule has 0 spiro atoms. The van der Waals surface area contributed by atoms with E-state index in [1.165, 1.54) is 11.3 Å². The molecule has 5 heteroatoms. The molecule has 1 saturated heterocycles. The number of aliphatic hydroxyl groups excluding tert-OH is 1. The van der Waals surface area contributed by atoms with Gasteiger partial charge < -0.3 is 20.5 Å². The highest BCUT2D eigenvalue weighted by molar-refractivity contribution is 9.10. The number of hydrogen-bond donors (Lipinski definition) is 2. The van der Waals surface area contributed by atoms with Crippen LogP contribution in [-0.4, -0.2) is 37.5 Å². The van der Waals surface area contributed by atoms with Crippen LogP contribution >= 0.6 is 15.9 Å². The van der Waals surface area contributed by atoms with Gasteiger partial charge in [-0.2, -0.15) is 0 Å². The first-order chi connectivity index (χ1) is 9.24. The summed E-state index contributed by atoms with van der Waals surface area (Å²) in [7, 11) is 0. The Kier molecular flexibility index (Phi) is 5.63. The van der Waals surface area contributed by atoms with Gasteiger partial charge in [-0.25, -0.2) is 0 Å². The summed E-state index contributed by atoms with van der Waals surface area (Å²) in [5, 5.41) is 8.77. The van der Waals surface area contributed by atoms with E-state index in [0.717, 1.165) is 30.4 Å². The van der Waals surface area contributed by atoms with Crippen molar-refractivity contribution in [3.05, 3.63) is 28.2 Å². The lowest BCUT2D eigenvalue weighted by atomic mass is 10.0. The first-order valence-electron chi connectivity index (χ1n) is 6.70. The summed E-state index contributed by atoms with van der Waals surface area (Å²) in [5.74, 6) is 0. The Morgan fingerprint density at radius 2 is 2.11 bits per heavy atom. The molecule has 3 N–H and O–H groups in total. The minimum absolute atomic E-state index is 0.100. The molecular formula is C14H21BrN2O2. The Labute approximate surface area is 122 Å². The van der Waals surface area contributed by atoms with Gasteiger partial charge in [-0.05, 0) is 30.5 Å². The zero-order chi connectivity index (χ0) is 13.7. The van der Waals surface area contributed by atoms with Gasteiger partial charge in [-0.15, -0.1) is 0 Å². The predicted molar refractivity (Wildman–Crippen MR) is 80.3 cm³/mol. The van der Waals surface area contributed by atoms with E-state index in [-0.39, 0.29) is 12.7 Å². The lowest BCUT2D eigenvalue weighted by molar-refractivity contribution is 0.0159. The topological polar surface area (TPSA) is 58.7 Å². The van der Waals surface area contributed by atoms with Gasteiger partial charge in [-0.1, -0.05) is 22.0 Å². The highest BCUT2D eigenvalue weighted by Gasteiger charge is 2.21. The Balaban J connectivity index is 1.99. The molecule has 1 aliphatic heterocycles. The molecule has 106 valence electrons. The van der Waals surface area contributed by atoms with Crippen molar-refractivity contribution in [1.82, 2.24) is 0 Å². The van der Waals surface area contributed by atoms with E-state index in [2.05, 4.69) is 33.0 Å². The molecule has 0 saturated carbocycles. The molecule has 1 heterocycles. The average molecular weight is 329 g/mol. The fraction of sp³-hybridized carbons (Fsp3) is 0.571. The summed E-state index contributed by atoms with van der Waals surface area (Å²) < 4.78 is 6.67. The maximum absolute atomic E-state index is 8.77. The molecule has 1 fully saturated rings. The SMILES string of the molecule is NCc1ccc(Br)cc1N1CCC(OCCO)CC1. The number of aliphatic hydroxyl groups is 1. The van der Waals surface area contributed by atoms with Gasteiger partial charge in [0, 0.05) is 29.8 Å². The van der Waals surface area contributed by atoms with E-state index in [9.17, 15) is 0 Å². The van der Waals surface area contributed by atoms with Crippen LogP contribution in [0.2, 0.25) is 0 Å². The highest BCUT2D eigenvalue weighted by atomic mass is 79.9. The van der Waals surface area contributed by atoms with Crippen LogP contribution in [0.4, 0.5) is 5.69 Å². The molecule has 0 bridgehead atoms. The lowest BCUT2D eigenvalue weighted by Crippen LogP contribution is -2.38. The van der Waals surface area contributed by atoms with E-state index in [4.69, 9.17) is 15.6 Å². The van der Waals surface area contributed by atoms with E-state index >= 15 is 0 Å². The van der Waals surface area contributed by atoms with Gasteiger partial charge in [0.25, 0.3) is 0 Å². The Morgan fingerprint density at radius 1 is 1.37 bits per heavy atom. The Bertz CT molecular complexity index is 406. The van der Waals surface area contributed by atoms with E-state index in [0.29, 0.717) is 13.2 Å². The number of piperidine rings is 1. The zero-order valence-corrected chi connectivity index (χ0v) is 12.6. The second kappa shape index (κ2) is 7.24. The van der Waals surface area contributed by atoms with Crippen LogP contribution in [0, 0.1) is 0 Å². The molecule has 0 unspecified atom stereocenters. The molecular weight excluding hydrogens is 308 g/mol. The number of halogens is 1. The zero-order valence-electron chi connectivity index (χ0n) is 11.0. The number of nitrogens with zero attached hydrogens (tertiary/aromatic N) is 1. The standard InChI is InChI=1S/C14H21BrN2O2/c15-12-2-1-11(10-16)14(9-12)17-5-3-13(4-6-17)19-8-7-18/h1-2,9,13,18H,3-8,10,16H2. The molecule has 19 heavy (non-hydrogen) atoms. The number of rotatable bonds is 5. The van der Waals surface area contributed by atoms with Gasteiger partial charge in [0.2, 0.25) is 0 Å². The molecule has 4 nitrogen and oxygen atoms in total. The minimum atomic E-state index is 0.100. The number of hydrogen-bond acceptors (Lipinski definition) is 4. The van der Waals surface area contributed by atoms with Gasteiger partial charge in [0.05, 0.1) is 19.3 Å². The van der Waals surface area contributed by atoms with Crippen molar-refractivity contribution >= 4 is 21.6 Å². The molecule has 0 aliphatic carbocycles. The van der Waals surface area contributed by atoms with Crippen molar-refractivity contribution in [3.63, 3.8) is 0 Å². The van der Waals surface area contributed by atoms with Gasteiger partial charge in [0.15, 0.2) is 0 Å². The molecule has 0 aromatic heterocycles. The predicted octanol–water partition coefficient (Wildman–Crippen LogP) is 1.89. The van der Waals surface area contributed by atoms with Crippen LogP contribution in [0.25, 0.3) is 0 Å². The van der Waals surface area contributed by atoms with Crippen LogP contribution < -0.4 is 10.6 Å². The van der Waals surface area contributed by atoms with E-state index in [1.54, 1.807) is 0 Å². The summed E-state index contributed by atoms with van der Waals surface area (Å²) in [4.78, 5) is 2.37. The average Bonchev–Trinajstić information content (AvgIpc) is 2.45. The van der Waals surface area contributed by atoms with Crippen molar-refractivity contribution in [3.8, 4) is 0 Å². The number of benzene rings is 1. The minimum Gasteiger partial charge on any atom is -0.394 e. The van der Waals surface area contributed by atoms with Crippen molar-refractivity contribution in [1.29, 1.82) is 0 Å². The van der Waals surface area contributed by atoms with Crippen molar-refractivity contribution < 1.29 is 9.84 Å². The third kappa shape index (κ3) is 3.92. The first-order valence-corrected chi connectivity index (χ1v) is 7.49. The smallest absolute Gasteiger partial charge is 0.0701 e. The van der Waals surface area contributed by atoms with Crippen molar-refractivity contribution in [2.24, 2.45) is 5.73 Å². The normalized spacial score (nSPS) is 16.9.